The minimum atomic E-state index is -0.298. The van der Waals surface area contributed by atoms with Gasteiger partial charge in [0.1, 0.15) is 16.5 Å². The summed E-state index contributed by atoms with van der Waals surface area (Å²) in [7, 11) is 0. The topological polar surface area (TPSA) is 77.0 Å². The highest BCUT2D eigenvalue weighted by Gasteiger charge is 2.13. The van der Waals surface area contributed by atoms with Crippen LogP contribution in [-0.4, -0.2) is 20.9 Å². The minimum Gasteiger partial charge on any atom is -0.437 e. The number of carbonyl (C=O) groups is 1. The molecular weight excluding hydrogens is 396 g/mol. The van der Waals surface area contributed by atoms with Crippen molar-refractivity contribution in [2.24, 2.45) is 0 Å². The third kappa shape index (κ3) is 4.33. The average Bonchev–Trinajstić information content (AvgIpc) is 3.20. The summed E-state index contributed by atoms with van der Waals surface area (Å²) in [6, 6.07) is 14.4. The minimum absolute atomic E-state index is 0.298. The number of rotatable bonds is 5. The predicted molar refractivity (Wildman–Crippen MR) is 109 cm³/mol. The number of aromatic nitrogens is 3. The van der Waals surface area contributed by atoms with Crippen LogP contribution in [0.2, 0.25) is 5.02 Å². The molecular formula is C20H13ClN4O2S. The predicted octanol–water partition coefficient (Wildman–Crippen LogP) is 5.30. The summed E-state index contributed by atoms with van der Waals surface area (Å²) in [6.45, 7) is 0. The van der Waals surface area contributed by atoms with Crippen molar-refractivity contribution in [3.8, 4) is 22.2 Å². The fourth-order valence-corrected chi connectivity index (χ4v) is 3.33. The molecule has 2 heterocycles. The molecule has 0 saturated heterocycles. The molecule has 0 aliphatic heterocycles. The molecule has 0 atom stereocenters. The summed E-state index contributed by atoms with van der Waals surface area (Å²) in [6.07, 6.45) is 4.62. The maximum Gasteiger partial charge on any atom is 0.275 e. The molecule has 4 rings (SSSR count). The molecule has 1 amide bonds. The van der Waals surface area contributed by atoms with Gasteiger partial charge in [-0.25, -0.2) is 9.97 Å². The molecule has 0 unspecified atom stereocenters. The van der Waals surface area contributed by atoms with E-state index in [-0.39, 0.29) is 5.91 Å². The Balaban J connectivity index is 1.47. The van der Waals surface area contributed by atoms with Crippen LogP contribution in [0.1, 0.15) is 10.5 Å². The summed E-state index contributed by atoms with van der Waals surface area (Å²) in [4.78, 5) is 25.0. The van der Waals surface area contributed by atoms with Crippen molar-refractivity contribution in [1.29, 1.82) is 0 Å². The van der Waals surface area contributed by atoms with Crippen molar-refractivity contribution in [2.75, 3.05) is 5.32 Å². The Kier molecular flexibility index (Phi) is 5.27. The Labute approximate surface area is 169 Å². The highest BCUT2D eigenvalue weighted by molar-refractivity contribution is 7.13. The smallest absolute Gasteiger partial charge is 0.275 e. The van der Waals surface area contributed by atoms with E-state index in [2.05, 4.69) is 20.3 Å². The Hall–Kier alpha value is -3.29. The Morgan fingerprint density at radius 3 is 2.75 bits per heavy atom. The highest BCUT2D eigenvalue weighted by Crippen LogP contribution is 2.26. The molecule has 8 heteroatoms. The second kappa shape index (κ2) is 8.16. The van der Waals surface area contributed by atoms with Crippen molar-refractivity contribution in [1.82, 2.24) is 15.0 Å². The van der Waals surface area contributed by atoms with Gasteiger partial charge in [0.15, 0.2) is 0 Å². The Bertz CT molecular complexity index is 1100. The van der Waals surface area contributed by atoms with E-state index in [1.165, 1.54) is 17.5 Å². The van der Waals surface area contributed by atoms with E-state index in [9.17, 15) is 4.79 Å². The Morgan fingerprint density at radius 1 is 1.11 bits per heavy atom. The van der Waals surface area contributed by atoms with E-state index in [1.807, 2.05) is 12.1 Å². The van der Waals surface area contributed by atoms with Gasteiger partial charge in [-0.2, -0.15) is 0 Å². The van der Waals surface area contributed by atoms with Crippen LogP contribution in [0.25, 0.3) is 10.6 Å². The zero-order valence-corrected chi connectivity index (χ0v) is 15.9. The quantitative estimate of drug-likeness (QED) is 0.485. The third-order valence-electron chi connectivity index (χ3n) is 3.68. The van der Waals surface area contributed by atoms with Crippen molar-refractivity contribution >= 4 is 34.5 Å². The molecule has 2 aromatic heterocycles. The van der Waals surface area contributed by atoms with Crippen LogP contribution in [0.4, 0.5) is 5.69 Å². The molecule has 138 valence electrons. The lowest BCUT2D eigenvalue weighted by Crippen LogP contribution is -2.12. The normalized spacial score (nSPS) is 10.5. The van der Waals surface area contributed by atoms with E-state index < -0.39 is 0 Å². The van der Waals surface area contributed by atoms with Gasteiger partial charge in [-0.1, -0.05) is 29.8 Å². The highest BCUT2D eigenvalue weighted by atomic mass is 35.5. The van der Waals surface area contributed by atoms with Crippen molar-refractivity contribution in [2.45, 2.75) is 0 Å². The van der Waals surface area contributed by atoms with Crippen LogP contribution < -0.4 is 10.1 Å². The molecule has 0 aliphatic rings. The van der Waals surface area contributed by atoms with Gasteiger partial charge < -0.3 is 10.1 Å². The zero-order chi connectivity index (χ0) is 19.3. The van der Waals surface area contributed by atoms with Crippen LogP contribution in [0.5, 0.6) is 11.6 Å². The number of halogens is 1. The van der Waals surface area contributed by atoms with Crippen LogP contribution in [0, 0.1) is 0 Å². The van der Waals surface area contributed by atoms with E-state index in [0.717, 1.165) is 10.6 Å². The number of carbonyl (C=O) groups excluding carboxylic acids is 1. The fourth-order valence-electron chi connectivity index (χ4n) is 2.39. The first kappa shape index (κ1) is 18.1. The monoisotopic (exact) mass is 408 g/mol. The number of anilines is 1. The number of benzene rings is 2. The number of nitrogens with one attached hydrogen (secondary N) is 1. The maximum absolute atomic E-state index is 12.5. The standard InChI is InChI=1S/C20H13ClN4O2S/c21-14-6-4-13(5-7-14)20-25-17(12-28-20)19(26)24-15-2-1-3-16(10-15)27-18-11-22-8-9-23-18/h1-12H,(H,24,26). The summed E-state index contributed by atoms with van der Waals surface area (Å²) in [5.74, 6) is 0.615. The number of thiazole rings is 1. The lowest BCUT2D eigenvalue weighted by molar-refractivity contribution is 0.102. The molecule has 28 heavy (non-hydrogen) atoms. The molecule has 0 bridgehead atoms. The van der Waals surface area contributed by atoms with Gasteiger partial charge in [-0.3, -0.25) is 9.78 Å². The SMILES string of the molecule is O=C(Nc1cccc(Oc2cnccn2)c1)c1csc(-c2ccc(Cl)cc2)n1. The van der Waals surface area contributed by atoms with Gasteiger partial charge in [0.25, 0.3) is 5.91 Å². The molecule has 4 aromatic rings. The van der Waals surface area contributed by atoms with Gasteiger partial charge in [-0.05, 0) is 24.3 Å². The molecule has 0 saturated carbocycles. The van der Waals surface area contributed by atoms with E-state index in [4.69, 9.17) is 16.3 Å². The number of hydrogen-bond donors (Lipinski definition) is 1. The summed E-state index contributed by atoms with van der Waals surface area (Å²) >= 11 is 7.31. The summed E-state index contributed by atoms with van der Waals surface area (Å²) < 4.78 is 5.63. The zero-order valence-electron chi connectivity index (χ0n) is 14.4. The summed E-state index contributed by atoms with van der Waals surface area (Å²) in [5, 5.41) is 5.95. The second-order valence-electron chi connectivity index (χ2n) is 5.67. The van der Waals surface area contributed by atoms with E-state index >= 15 is 0 Å². The molecule has 6 nitrogen and oxygen atoms in total. The second-order valence-corrected chi connectivity index (χ2v) is 6.97. The van der Waals surface area contributed by atoms with Crippen LogP contribution in [0.3, 0.4) is 0 Å². The molecule has 0 fully saturated rings. The number of ether oxygens (including phenoxy) is 1. The van der Waals surface area contributed by atoms with Crippen molar-refractivity contribution < 1.29 is 9.53 Å². The van der Waals surface area contributed by atoms with Gasteiger partial charge in [0, 0.05) is 40.1 Å². The van der Waals surface area contributed by atoms with Gasteiger partial charge in [-0.15, -0.1) is 11.3 Å². The van der Waals surface area contributed by atoms with Gasteiger partial charge >= 0.3 is 0 Å². The third-order valence-corrected chi connectivity index (χ3v) is 4.83. The maximum atomic E-state index is 12.5. The van der Waals surface area contributed by atoms with Gasteiger partial charge in [0.2, 0.25) is 5.88 Å². The van der Waals surface area contributed by atoms with Crippen LogP contribution >= 0.6 is 22.9 Å². The lowest BCUT2D eigenvalue weighted by Gasteiger charge is -2.07. The fraction of sp³-hybridized carbons (Fsp3) is 0. The van der Waals surface area contributed by atoms with E-state index in [0.29, 0.717) is 28.0 Å². The van der Waals surface area contributed by atoms with Crippen LogP contribution in [0.15, 0.2) is 72.5 Å². The summed E-state index contributed by atoms with van der Waals surface area (Å²) in [5.41, 5.74) is 1.84. The first-order valence-corrected chi connectivity index (χ1v) is 9.50. The van der Waals surface area contributed by atoms with E-state index in [1.54, 1.807) is 54.2 Å². The molecule has 0 radical (unpaired) electrons. The Morgan fingerprint density at radius 2 is 1.96 bits per heavy atom. The van der Waals surface area contributed by atoms with Crippen LogP contribution in [-0.2, 0) is 0 Å². The van der Waals surface area contributed by atoms with Crippen molar-refractivity contribution in [3.05, 3.63) is 83.2 Å². The first-order chi connectivity index (χ1) is 13.7. The number of hydrogen-bond acceptors (Lipinski definition) is 6. The largest absolute Gasteiger partial charge is 0.437 e. The number of nitrogens with zero attached hydrogens (tertiary/aromatic N) is 3. The average molecular weight is 409 g/mol. The number of amides is 1. The molecule has 0 aliphatic carbocycles. The molecule has 1 N–H and O–H groups in total. The molecule has 0 spiro atoms. The van der Waals surface area contributed by atoms with Crippen molar-refractivity contribution in [3.63, 3.8) is 0 Å². The lowest BCUT2D eigenvalue weighted by atomic mass is 10.2. The first-order valence-electron chi connectivity index (χ1n) is 8.24. The molecule has 2 aromatic carbocycles. The van der Waals surface area contributed by atoms with Gasteiger partial charge in [0.05, 0.1) is 6.20 Å².